The van der Waals surface area contributed by atoms with E-state index >= 15 is 0 Å². The summed E-state index contributed by atoms with van der Waals surface area (Å²) in [6.07, 6.45) is 1.74. The first-order valence-corrected chi connectivity index (χ1v) is 7.49. The molecule has 0 aliphatic rings. The van der Waals surface area contributed by atoms with Crippen molar-refractivity contribution in [3.63, 3.8) is 0 Å². The van der Waals surface area contributed by atoms with Crippen molar-refractivity contribution < 1.29 is 14.3 Å². The fraction of sp³-hybridized carbons (Fsp3) is 0.529. The van der Waals surface area contributed by atoms with E-state index in [9.17, 15) is 5.11 Å². The van der Waals surface area contributed by atoms with E-state index < -0.39 is 5.60 Å². The SMILES string of the molecule is CCCC(C)(O)CNC(C)c1cc2cccc(OC)c2o1. The van der Waals surface area contributed by atoms with Crippen LogP contribution in [-0.2, 0) is 0 Å². The molecule has 0 amide bonds. The Morgan fingerprint density at radius 1 is 1.43 bits per heavy atom. The molecule has 1 aromatic carbocycles. The van der Waals surface area contributed by atoms with Crippen LogP contribution in [0.3, 0.4) is 0 Å². The van der Waals surface area contributed by atoms with Crippen LogP contribution in [0.2, 0.25) is 0 Å². The molecule has 4 nitrogen and oxygen atoms in total. The zero-order chi connectivity index (χ0) is 15.5. The van der Waals surface area contributed by atoms with Gasteiger partial charge in [0.25, 0.3) is 0 Å². The Balaban J connectivity index is 2.11. The number of rotatable bonds is 7. The molecule has 2 atom stereocenters. The van der Waals surface area contributed by atoms with Crippen LogP contribution in [0, 0.1) is 0 Å². The molecule has 2 unspecified atom stereocenters. The maximum atomic E-state index is 10.2. The van der Waals surface area contributed by atoms with Crippen LogP contribution in [0.15, 0.2) is 28.7 Å². The molecule has 4 heteroatoms. The summed E-state index contributed by atoms with van der Waals surface area (Å²) in [7, 11) is 1.64. The van der Waals surface area contributed by atoms with Gasteiger partial charge in [-0.2, -0.15) is 0 Å². The minimum atomic E-state index is -0.688. The third-order valence-electron chi connectivity index (χ3n) is 3.75. The summed E-state index contributed by atoms with van der Waals surface area (Å²) in [6, 6.07) is 7.89. The molecule has 2 aromatic rings. The highest BCUT2D eigenvalue weighted by Gasteiger charge is 2.21. The molecule has 0 fully saturated rings. The van der Waals surface area contributed by atoms with Gasteiger partial charge in [-0.15, -0.1) is 0 Å². The van der Waals surface area contributed by atoms with Crippen LogP contribution in [-0.4, -0.2) is 24.4 Å². The van der Waals surface area contributed by atoms with E-state index in [4.69, 9.17) is 9.15 Å². The van der Waals surface area contributed by atoms with Crippen molar-refractivity contribution in [3.8, 4) is 5.75 Å². The van der Waals surface area contributed by atoms with E-state index in [0.717, 1.165) is 35.3 Å². The van der Waals surface area contributed by atoms with E-state index in [1.807, 2.05) is 38.1 Å². The zero-order valence-electron chi connectivity index (χ0n) is 13.3. The Hall–Kier alpha value is -1.52. The molecule has 0 bridgehead atoms. The third kappa shape index (κ3) is 3.77. The monoisotopic (exact) mass is 291 g/mol. The van der Waals surface area contributed by atoms with Gasteiger partial charge in [0.05, 0.1) is 18.8 Å². The van der Waals surface area contributed by atoms with Gasteiger partial charge in [0.1, 0.15) is 5.76 Å². The van der Waals surface area contributed by atoms with Crippen LogP contribution in [0.5, 0.6) is 5.75 Å². The van der Waals surface area contributed by atoms with Crippen molar-refractivity contribution in [2.75, 3.05) is 13.7 Å². The summed E-state index contributed by atoms with van der Waals surface area (Å²) < 4.78 is 11.2. The number of hydrogen-bond acceptors (Lipinski definition) is 4. The third-order valence-corrected chi connectivity index (χ3v) is 3.75. The topological polar surface area (TPSA) is 54.6 Å². The van der Waals surface area contributed by atoms with Gasteiger partial charge in [-0.1, -0.05) is 25.5 Å². The second kappa shape index (κ2) is 6.50. The highest BCUT2D eigenvalue weighted by molar-refractivity contribution is 5.83. The predicted octanol–water partition coefficient (Wildman–Crippen LogP) is 3.64. The van der Waals surface area contributed by atoms with E-state index in [-0.39, 0.29) is 6.04 Å². The van der Waals surface area contributed by atoms with Gasteiger partial charge >= 0.3 is 0 Å². The van der Waals surface area contributed by atoms with Crippen molar-refractivity contribution in [1.82, 2.24) is 5.32 Å². The summed E-state index contributed by atoms with van der Waals surface area (Å²) >= 11 is 0. The lowest BCUT2D eigenvalue weighted by Crippen LogP contribution is -2.38. The Bertz CT molecular complexity index is 589. The number of fused-ring (bicyclic) bond motifs is 1. The summed E-state index contributed by atoms with van der Waals surface area (Å²) in [5.74, 6) is 1.59. The molecule has 0 spiro atoms. The van der Waals surface area contributed by atoms with Crippen molar-refractivity contribution in [2.24, 2.45) is 0 Å². The first kappa shape index (κ1) is 15.9. The number of nitrogens with one attached hydrogen (secondary N) is 1. The molecule has 1 aromatic heterocycles. The standard InChI is InChI=1S/C17H25NO3/c1-5-9-17(3,19)11-18-12(2)15-10-13-7-6-8-14(20-4)16(13)21-15/h6-8,10,12,18-19H,5,9,11H2,1-4H3. The first-order valence-electron chi connectivity index (χ1n) is 7.49. The zero-order valence-corrected chi connectivity index (χ0v) is 13.3. The number of hydrogen-bond donors (Lipinski definition) is 2. The van der Waals surface area contributed by atoms with Gasteiger partial charge in [0.15, 0.2) is 11.3 Å². The number of ether oxygens (including phenoxy) is 1. The van der Waals surface area contributed by atoms with Crippen molar-refractivity contribution >= 4 is 11.0 Å². The quantitative estimate of drug-likeness (QED) is 0.817. The van der Waals surface area contributed by atoms with Gasteiger partial charge in [-0.25, -0.2) is 0 Å². The molecular weight excluding hydrogens is 266 g/mol. The second-order valence-electron chi connectivity index (χ2n) is 5.88. The number of furan rings is 1. The van der Waals surface area contributed by atoms with Crippen molar-refractivity contribution in [2.45, 2.75) is 45.3 Å². The van der Waals surface area contributed by atoms with E-state index in [1.54, 1.807) is 7.11 Å². The molecular formula is C17H25NO3. The number of para-hydroxylation sites is 1. The summed E-state index contributed by atoms with van der Waals surface area (Å²) in [5, 5.41) is 14.6. The average molecular weight is 291 g/mol. The lowest BCUT2D eigenvalue weighted by Gasteiger charge is -2.24. The van der Waals surface area contributed by atoms with Gasteiger partial charge < -0.3 is 19.6 Å². The maximum Gasteiger partial charge on any atom is 0.176 e. The second-order valence-corrected chi connectivity index (χ2v) is 5.88. The smallest absolute Gasteiger partial charge is 0.176 e. The molecule has 0 aliphatic carbocycles. The molecule has 0 aliphatic heterocycles. The van der Waals surface area contributed by atoms with Gasteiger partial charge in [-0.05, 0) is 32.4 Å². The summed E-state index contributed by atoms with van der Waals surface area (Å²) in [5.41, 5.74) is 0.0798. The molecule has 1 heterocycles. The normalized spacial score (nSPS) is 15.9. The van der Waals surface area contributed by atoms with Crippen LogP contribution < -0.4 is 10.1 Å². The first-order chi connectivity index (χ1) is 9.96. The fourth-order valence-corrected chi connectivity index (χ4v) is 2.53. The van der Waals surface area contributed by atoms with E-state index in [0.29, 0.717) is 6.54 Å². The molecule has 116 valence electrons. The van der Waals surface area contributed by atoms with Crippen LogP contribution in [0.25, 0.3) is 11.0 Å². The highest BCUT2D eigenvalue weighted by Crippen LogP contribution is 2.30. The Labute approximate surface area is 126 Å². The molecule has 2 rings (SSSR count). The minimum absolute atomic E-state index is 0.0328. The number of benzene rings is 1. The predicted molar refractivity (Wildman–Crippen MR) is 84.7 cm³/mol. The Morgan fingerprint density at radius 2 is 2.19 bits per heavy atom. The maximum absolute atomic E-state index is 10.2. The summed E-state index contributed by atoms with van der Waals surface area (Å²) in [4.78, 5) is 0. The minimum Gasteiger partial charge on any atom is -0.493 e. The van der Waals surface area contributed by atoms with Crippen molar-refractivity contribution in [3.05, 3.63) is 30.0 Å². The lowest BCUT2D eigenvalue weighted by atomic mass is 10.0. The fourth-order valence-electron chi connectivity index (χ4n) is 2.53. The average Bonchev–Trinajstić information content (AvgIpc) is 2.88. The van der Waals surface area contributed by atoms with Crippen LogP contribution in [0.1, 0.15) is 45.4 Å². The highest BCUT2D eigenvalue weighted by atomic mass is 16.5. The molecule has 0 radical (unpaired) electrons. The van der Waals surface area contributed by atoms with Gasteiger partial charge in [0.2, 0.25) is 0 Å². The molecule has 0 saturated heterocycles. The van der Waals surface area contributed by atoms with Crippen molar-refractivity contribution in [1.29, 1.82) is 0 Å². The molecule has 21 heavy (non-hydrogen) atoms. The van der Waals surface area contributed by atoms with Crippen LogP contribution in [0.4, 0.5) is 0 Å². The van der Waals surface area contributed by atoms with Crippen LogP contribution >= 0.6 is 0 Å². The van der Waals surface area contributed by atoms with E-state index in [1.165, 1.54) is 0 Å². The Kier molecular flexibility index (Phi) is 4.91. The molecule has 2 N–H and O–H groups in total. The number of methoxy groups -OCH3 is 1. The van der Waals surface area contributed by atoms with E-state index in [2.05, 4.69) is 12.2 Å². The summed E-state index contributed by atoms with van der Waals surface area (Å²) in [6.45, 7) is 6.50. The van der Waals surface area contributed by atoms with Gasteiger partial charge in [0, 0.05) is 11.9 Å². The lowest BCUT2D eigenvalue weighted by molar-refractivity contribution is 0.0471. The molecule has 0 saturated carbocycles. The largest absolute Gasteiger partial charge is 0.493 e. The Morgan fingerprint density at radius 3 is 2.86 bits per heavy atom. The number of aliphatic hydroxyl groups is 1. The van der Waals surface area contributed by atoms with Gasteiger partial charge in [-0.3, -0.25) is 0 Å².